The lowest BCUT2D eigenvalue weighted by Gasteiger charge is -2.15. The molecule has 170 valence electrons. The molecule has 4 nitrogen and oxygen atoms in total. The molecule has 1 aliphatic carbocycles. The van der Waals surface area contributed by atoms with Crippen LogP contribution in [0.1, 0.15) is 53.2 Å². The van der Waals surface area contributed by atoms with E-state index < -0.39 is 11.8 Å². The van der Waals surface area contributed by atoms with Crippen molar-refractivity contribution >= 4 is 33.0 Å². The molecule has 33 heavy (non-hydrogen) atoms. The second kappa shape index (κ2) is 10.3. The lowest BCUT2D eigenvalue weighted by Crippen LogP contribution is -2.08. The molecule has 0 radical (unpaired) electrons. The van der Waals surface area contributed by atoms with Gasteiger partial charge in [0.05, 0.1) is 12.2 Å². The highest BCUT2D eigenvalue weighted by atomic mass is 79.9. The van der Waals surface area contributed by atoms with E-state index in [4.69, 9.17) is 9.47 Å². The molecule has 1 aliphatic rings. The molecule has 1 heterocycles. The molecule has 3 aromatic rings. The minimum Gasteiger partial charge on any atom is -0.472 e. The molecule has 1 aromatic heterocycles. The second-order valence-electron chi connectivity index (χ2n) is 7.61. The summed E-state index contributed by atoms with van der Waals surface area (Å²) >= 11 is 3.47. The fourth-order valence-corrected chi connectivity index (χ4v) is 4.29. The Morgan fingerprint density at radius 3 is 2.64 bits per heavy atom. The van der Waals surface area contributed by atoms with Crippen LogP contribution in [0.2, 0.25) is 0 Å². The quantitative estimate of drug-likeness (QED) is 0.320. The summed E-state index contributed by atoms with van der Waals surface area (Å²) in [5.41, 5.74) is 3.90. The van der Waals surface area contributed by atoms with Crippen LogP contribution in [0.4, 0.5) is 8.78 Å². The van der Waals surface area contributed by atoms with E-state index in [1.165, 1.54) is 12.1 Å². The van der Waals surface area contributed by atoms with Crippen LogP contribution in [0.25, 0.3) is 11.1 Å². The molecular weight excluding hydrogens is 492 g/mol. The molecule has 7 heteroatoms. The van der Waals surface area contributed by atoms with E-state index in [0.717, 1.165) is 46.0 Å². The fourth-order valence-electron chi connectivity index (χ4n) is 3.96. The average molecular weight is 514 g/mol. The Bertz CT molecular complexity index is 1230. The molecule has 0 spiro atoms. The molecule has 0 amide bonds. The number of nitrogens with zero attached hydrogens (tertiary/aromatic N) is 1. The van der Waals surface area contributed by atoms with E-state index in [0.29, 0.717) is 11.4 Å². The maximum absolute atomic E-state index is 14.3. The number of aromatic nitrogens is 1. The van der Waals surface area contributed by atoms with Gasteiger partial charge in [-0.1, -0.05) is 24.3 Å². The van der Waals surface area contributed by atoms with Crippen molar-refractivity contribution in [3.05, 3.63) is 93.1 Å². The smallest absolute Gasteiger partial charge is 0.341 e. The summed E-state index contributed by atoms with van der Waals surface area (Å²) in [4.78, 5) is 16.6. The van der Waals surface area contributed by atoms with Crippen molar-refractivity contribution in [2.24, 2.45) is 0 Å². The van der Waals surface area contributed by atoms with Crippen molar-refractivity contribution in [1.82, 2.24) is 4.98 Å². The zero-order valence-electron chi connectivity index (χ0n) is 18.0. The summed E-state index contributed by atoms with van der Waals surface area (Å²) in [6.07, 6.45) is 4.07. The van der Waals surface area contributed by atoms with E-state index in [1.54, 1.807) is 43.5 Å². The molecule has 0 saturated heterocycles. The minimum atomic E-state index is -0.685. The summed E-state index contributed by atoms with van der Waals surface area (Å²) in [5.74, 6) is -1.25. The Labute approximate surface area is 199 Å². The monoisotopic (exact) mass is 513 g/mol. The van der Waals surface area contributed by atoms with Crippen LogP contribution in [-0.2, 0) is 11.3 Å². The Hall–Kier alpha value is -3.06. The number of allylic oxidation sites excluding steroid dienone is 2. The van der Waals surface area contributed by atoms with Crippen molar-refractivity contribution in [2.45, 2.75) is 32.8 Å². The van der Waals surface area contributed by atoms with Gasteiger partial charge in [0.2, 0.25) is 5.88 Å². The van der Waals surface area contributed by atoms with Gasteiger partial charge in [-0.2, -0.15) is 0 Å². The summed E-state index contributed by atoms with van der Waals surface area (Å²) in [5, 5.41) is 0. The van der Waals surface area contributed by atoms with Gasteiger partial charge in [0.15, 0.2) is 0 Å². The van der Waals surface area contributed by atoms with E-state index in [2.05, 4.69) is 20.9 Å². The number of benzene rings is 2. The predicted octanol–water partition coefficient (Wildman–Crippen LogP) is 6.97. The van der Waals surface area contributed by atoms with Gasteiger partial charge in [-0.15, -0.1) is 0 Å². The highest BCUT2D eigenvalue weighted by Crippen LogP contribution is 2.43. The number of halogens is 3. The zero-order chi connectivity index (χ0) is 23.4. The molecule has 4 rings (SSSR count). The van der Waals surface area contributed by atoms with Crippen LogP contribution < -0.4 is 4.74 Å². The Morgan fingerprint density at radius 2 is 1.85 bits per heavy atom. The highest BCUT2D eigenvalue weighted by Gasteiger charge is 2.24. The highest BCUT2D eigenvalue weighted by molar-refractivity contribution is 9.10. The Kier molecular flexibility index (Phi) is 7.18. The summed E-state index contributed by atoms with van der Waals surface area (Å²) < 4.78 is 40.0. The maximum Gasteiger partial charge on any atom is 0.341 e. The topological polar surface area (TPSA) is 48.4 Å². The van der Waals surface area contributed by atoms with Crippen LogP contribution in [0.5, 0.6) is 5.88 Å². The molecule has 2 aromatic carbocycles. The lowest BCUT2D eigenvalue weighted by atomic mass is 9.96. The van der Waals surface area contributed by atoms with Gasteiger partial charge in [0.25, 0.3) is 0 Å². The SMILES string of the molecule is CCOC(=O)c1cc(C2=C(c3cc(Br)cnc3OCc3ccccc3F)CCC2)ccc1F. The van der Waals surface area contributed by atoms with Gasteiger partial charge >= 0.3 is 5.97 Å². The number of carbonyl (C=O) groups excluding carboxylic acids is 1. The van der Waals surface area contributed by atoms with Gasteiger partial charge in [-0.3, -0.25) is 0 Å². The number of ether oxygens (including phenoxy) is 2. The zero-order valence-corrected chi connectivity index (χ0v) is 19.6. The first-order valence-electron chi connectivity index (χ1n) is 10.7. The van der Waals surface area contributed by atoms with Crippen molar-refractivity contribution in [3.8, 4) is 5.88 Å². The lowest BCUT2D eigenvalue weighted by molar-refractivity contribution is 0.0521. The number of hydrogen-bond acceptors (Lipinski definition) is 4. The van der Waals surface area contributed by atoms with Crippen molar-refractivity contribution < 1.29 is 23.0 Å². The number of esters is 1. The van der Waals surface area contributed by atoms with Crippen LogP contribution in [0.3, 0.4) is 0 Å². The van der Waals surface area contributed by atoms with Crippen LogP contribution in [0, 0.1) is 11.6 Å². The van der Waals surface area contributed by atoms with Crippen LogP contribution >= 0.6 is 15.9 Å². The fraction of sp³-hybridized carbons (Fsp3) is 0.231. The van der Waals surface area contributed by atoms with Crippen molar-refractivity contribution in [3.63, 3.8) is 0 Å². The van der Waals surface area contributed by atoms with Gasteiger partial charge in [-0.05, 0) is 83.1 Å². The van der Waals surface area contributed by atoms with E-state index in [-0.39, 0.29) is 24.6 Å². The van der Waals surface area contributed by atoms with Crippen LogP contribution in [0.15, 0.2) is 59.2 Å². The first-order valence-corrected chi connectivity index (χ1v) is 11.5. The van der Waals surface area contributed by atoms with E-state index in [9.17, 15) is 13.6 Å². The van der Waals surface area contributed by atoms with Crippen LogP contribution in [-0.4, -0.2) is 17.6 Å². The minimum absolute atomic E-state index is 0.0421. The third-order valence-electron chi connectivity index (χ3n) is 5.49. The molecule has 0 saturated carbocycles. The molecule has 0 bridgehead atoms. The number of pyridine rings is 1. The molecule has 0 unspecified atom stereocenters. The Balaban J connectivity index is 1.72. The predicted molar refractivity (Wildman–Crippen MR) is 126 cm³/mol. The van der Waals surface area contributed by atoms with E-state index >= 15 is 0 Å². The van der Waals surface area contributed by atoms with Gasteiger partial charge in [-0.25, -0.2) is 18.6 Å². The molecular formula is C26H22BrF2NO3. The maximum atomic E-state index is 14.3. The Morgan fingerprint density at radius 1 is 1.06 bits per heavy atom. The summed E-state index contributed by atoms with van der Waals surface area (Å²) in [6, 6.07) is 12.9. The summed E-state index contributed by atoms with van der Waals surface area (Å²) in [7, 11) is 0. The number of rotatable bonds is 7. The molecule has 0 aliphatic heterocycles. The second-order valence-corrected chi connectivity index (χ2v) is 8.53. The van der Waals surface area contributed by atoms with Gasteiger partial charge in [0.1, 0.15) is 18.2 Å². The largest absolute Gasteiger partial charge is 0.472 e. The van der Waals surface area contributed by atoms with Gasteiger partial charge < -0.3 is 9.47 Å². The molecule has 0 N–H and O–H groups in total. The molecule has 0 fully saturated rings. The first kappa shape index (κ1) is 23.1. The molecule has 0 atom stereocenters. The normalized spacial score (nSPS) is 13.3. The van der Waals surface area contributed by atoms with E-state index in [1.807, 2.05) is 6.07 Å². The standard InChI is InChI=1S/C26H22BrF2NO3/c1-2-32-26(31)22-12-16(10-11-24(22)29)19-7-5-8-20(19)21-13-18(27)14-30-25(21)33-15-17-6-3-4-9-23(17)28/h3-4,6,9-14H,2,5,7-8,15H2,1H3. The first-order chi connectivity index (χ1) is 16.0. The number of hydrogen-bond donors (Lipinski definition) is 0. The third kappa shape index (κ3) is 5.14. The number of carbonyl (C=O) groups is 1. The summed E-state index contributed by atoms with van der Waals surface area (Å²) in [6.45, 7) is 1.89. The van der Waals surface area contributed by atoms with Crippen molar-refractivity contribution in [1.29, 1.82) is 0 Å². The van der Waals surface area contributed by atoms with Gasteiger partial charge in [0, 0.05) is 21.8 Å². The average Bonchev–Trinajstić information content (AvgIpc) is 3.29. The third-order valence-corrected chi connectivity index (χ3v) is 5.93. The van der Waals surface area contributed by atoms with Crippen molar-refractivity contribution in [2.75, 3.05) is 6.61 Å².